The molecule has 2 aromatic rings. The predicted molar refractivity (Wildman–Crippen MR) is 112 cm³/mol. The summed E-state index contributed by atoms with van der Waals surface area (Å²) in [5.74, 6) is -0.285. The van der Waals surface area contributed by atoms with Crippen LogP contribution in [0.3, 0.4) is 0 Å². The average molecular weight is 437 g/mol. The topological polar surface area (TPSA) is 41.6 Å². The highest BCUT2D eigenvalue weighted by molar-refractivity contribution is 6.42. The summed E-state index contributed by atoms with van der Waals surface area (Å²) < 4.78 is 19.2. The molecule has 2 aliphatic rings. The van der Waals surface area contributed by atoms with Crippen molar-refractivity contribution in [1.82, 2.24) is 10.2 Å². The van der Waals surface area contributed by atoms with Crippen LogP contribution < -0.4 is 5.32 Å². The minimum absolute atomic E-state index is 0.000652. The highest BCUT2D eigenvalue weighted by Crippen LogP contribution is 2.50. The summed E-state index contributed by atoms with van der Waals surface area (Å²) in [5, 5.41) is 4.11. The van der Waals surface area contributed by atoms with Gasteiger partial charge < -0.3 is 10.1 Å². The van der Waals surface area contributed by atoms with Gasteiger partial charge in [-0.05, 0) is 41.7 Å². The number of rotatable bonds is 6. The number of nitrogens with zero attached hydrogens (tertiary/aromatic N) is 1. The Kier molecular flexibility index (Phi) is 6.40. The first-order chi connectivity index (χ1) is 14.0. The Bertz CT molecular complexity index is 889. The Morgan fingerprint density at radius 3 is 2.72 bits per heavy atom. The molecule has 0 spiro atoms. The largest absolute Gasteiger partial charge is 0.379 e. The molecular weight excluding hydrogens is 414 g/mol. The molecule has 2 fully saturated rings. The van der Waals surface area contributed by atoms with E-state index in [2.05, 4.69) is 10.2 Å². The molecule has 1 saturated carbocycles. The molecule has 0 aromatic heterocycles. The van der Waals surface area contributed by atoms with Crippen molar-refractivity contribution in [2.24, 2.45) is 5.92 Å². The Labute approximate surface area is 179 Å². The molecule has 3 atom stereocenters. The van der Waals surface area contributed by atoms with Crippen LogP contribution >= 0.6 is 23.2 Å². The summed E-state index contributed by atoms with van der Waals surface area (Å²) >= 11 is 12.4. The minimum Gasteiger partial charge on any atom is -0.379 e. The minimum atomic E-state index is -0.273. The van der Waals surface area contributed by atoms with Crippen LogP contribution in [0, 0.1) is 11.7 Å². The van der Waals surface area contributed by atoms with Gasteiger partial charge in [0.25, 0.3) is 0 Å². The van der Waals surface area contributed by atoms with Gasteiger partial charge in [-0.15, -0.1) is 0 Å². The molecule has 4 nitrogen and oxygen atoms in total. The lowest BCUT2D eigenvalue weighted by Crippen LogP contribution is -2.44. The van der Waals surface area contributed by atoms with Gasteiger partial charge >= 0.3 is 0 Å². The van der Waals surface area contributed by atoms with Gasteiger partial charge in [0.05, 0.1) is 29.3 Å². The second kappa shape index (κ2) is 9.00. The summed E-state index contributed by atoms with van der Waals surface area (Å²) in [4.78, 5) is 15.0. The number of amides is 1. The number of ether oxygens (including phenoxy) is 1. The third-order valence-electron chi connectivity index (χ3n) is 5.70. The first-order valence-electron chi connectivity index (χ1n) is 9.83. The summed E-state index contributed by atoms with van der Waals surface area (Å²) in [6, 6.07) is 12.0. The monoisotopic (exact) mass is 436 g/mol. The Morgan fingerprint density at radius 2 is 1.97 bits per heavy atom. The van der Waals surface area contributed by atoms with Crippen molar-refractivity contribution in [3.8, 4) is 0 Å². The maximum Gasteiger partial charge on any atom is 0.223 e. The SMILES string of the molecule is O=C(NCC(c1cccc(F)c1)N1CCOCC1)C1CC1c1cccc(Cl)c1Cl. The van der Waals surface area contributed by atoms with Gasteiger partial charge in [-0.1, -0.05) is 47.5 Å². The number of carbonyl (C=O) groups excluding carboxylic acids is 1. The fraction of sp³-hybridized carbons (Fsp3) is 0.409. The number of morpholine rings is 1. The van der Waals surface area contributed by atoms with E-state index in [1.165, 1.54) is 12.1 Å². The maximum absolute atomic E-state index is 13.8. The summed E-state index contributed by atoms with van der Waals surface area (Å²) in [7, 11) is 0. The molecular formula is C22H23Cl2FN2O2. The summed E-state index contributed by atoms with van der Waals surface area (Å²) in [5.41, 5.74) is 1.78. The number of halogens is 3. The molecule has 1 saturated heterocycles. The molecule has 1 N–H and O–H groups in total. The molecule has 0 radical (unpaired) electrons. The number of nitrogens with one attached hydrogen (secondary N) is 1. The van der Waals surface area contributed by atoms with E-state index in [4.69, 9.17) is 27.9 Å². The van der Waals surface area contributed by atoms with E-state index < -0.39 is 0 Å². The zero-order valence-corrected chi connectivity index (χ0v) is 17.4. The number of carbonyl (C=O) groups is 1. The van der Waals surface area contributed by atoms with E-state index >= 15 is 0 Å². The normalized spacial score (nSPS) is 22.9. The molecule has 4 rings (SSSR count). The third kappa shape index (κ3) is 4.75. The first-order valence-corrected chi connectivity index (χ1v) is 10.6. The molecule has 154 valence electrons. The summed E-state index contributed by atoms with van der Waals surface area (Å²) in [6.45, 7) is 3.20. The van der Waals surface area contributed by atoms with Crippen molar-refractivity contribution >= 4 is 29.1 Å². The molecule has 1 aliphatic heterocycles. The Morgan fingerprint density at radius 1 is 1.21 bits per heavy atom. The van der Waals surface area contributed by atoms with Gasteiger partial charge in [0, 0.05) is 25.6 Å². The molecule has 1 heterocycles. The number of benzene rings is 2. The molecule has 2 aromatic carbocycles. The molecule has 7 heteroatoms. The van der Waals surface area contributed by atoms with Crippen molar-refractivity contribution in [2.45, 2.75) is 18.4 Å². The fourth-order valence-electron chi connectivity index (χ4n) is 4.02. The van der Waals surface area contributed by atoms with Crippen molar-refractivity contribution < 1.29 is 13.9 Å². The number of hydrogen-bond acceptors (Lipinski definition) is 3. The van der Waals surface area contributed by atoms with E-state index in [-0.39, 0.29) is 29.6 Å². The average Bonchev–Trinajstić information content (AvgIpc) is 3.52. The molecule has 1 aliphatic carbocycles. The van der Waals surface area contributed by atoms with Crippen LogP contribution in [0.15, 0.2) is 42.5 Å². The molecule has 29 heavy (non-hydrogen) atoms. The van der Waals surface area contributed by atoms with Gasteiger partial charge in [-0.3, -0.25) is 9.69 Å². The van der Waals surface area contributed by atoms with Gasteiger partial charge in [0.1, 0.15) is 5.82 Å². The van der Waals surface area contributed by atoms with Crippen molar-refractivity contribution in [3.05, 3.63) is 69.5 Å². The highest BCUT2D eigenvalue weighted by atomic mass is 35.5. The first kappa shape index (κ1) is 20.6. The van der Waals surface area contributed by atoms with Gasteiger partial charge in [0.2, 0.25) is 5.91 Å². The lowest BCUT2D eigenvalue weighted by Gasteiger charge is -2.35. The van der Waals surface area contributed by atoms with Crippen LogP contribution in [-0.4, -0.2) is 43.7 Å². The second-order valence-corrected chi connectivity index (χ2v) is 8.34. The van der Waals surface area contributed by atoms with E-state index in [9.17, 15) is 9.18 Å². The lowest BCUT2D eigenvalue weighted by atomic mass is 10.0. The van der Waals surface area contributed by atoms with E-state index in [0.717, 1.165) is 30.6 Å². The standard InChI is InChI=1S/C22H23Cl2FN2O2/c23-19-6-2-5-16(21(19)24)17-12-18(17)22(28)26-13-20(27-7-9-29-10-8-27)14-3-1-4-15(25)11-14/h1-6,11,17-18,20H,7-10,12-13H2,(H,26,28). The van der Waals surface area contributed by atoms with Crippen LogP contribution in [-0.2, 0) is 9.53 Å². The predicted octanol–water partition coefficient (Wildman–Crippen LogP) is 4.43. The molecule has 3 unspecified atom stereocenters. The van der Waals surface area contributed by atoms with Gasteiger partial charge in [-0.2, -0.15) is 0 Å². The number of hydrogen-bond donors (Lipinski definition) is 1. The van der Waals surface area contributed by atoms with Crippen LogP contribution in [0.5, 0.6) is 0 Å². The lowest BCUT2D eigenvalue weighted by molar-refractivity contribution is -0.122. The summed E-state index contributed by atoms with van der Waals surface area (Å²) in [6.07, 6.45) is 0.758. The van der Waals surface area contributed by atoms with E-state index in [0.29, 0.717) is 29.8 Å². The smallest absolute Gasteiger partial charge is 0.223 e. The van der Waals surface area contributed by atoms with Crippen LogP contribution in [0.25, 0.3) is 0 Å². The Balaban J connectivity index is 1.42. The van der Waals surface area contributed by atoms with Crippen LogP contribution in [0.2, 0.25) is 10.0 Å². The van der Waals surface area contributed by atoms with Crippen molar-refractivity contribution in [3.63, 3.8) is 0 Å². The van der Waals surface area contributed by atoms with Crippen molar-refractivity contribution in [2.75, 3.05) is 32.8 Å². The molecule has 0 bridgehead atoms. The van der Waals surface area contributed by atoms with Gasteiger partial charge in [-0.25, -0.2) is 4.39 Å². The Hall–Kier alpha value is -1.66. The zero-order valence-electron chi connectivity index (χ0n) is 15.9. The van der Waals surface area contributed by atoms with Crippen LogP contribution in [0.4, 0.5) is 4.39 Å². The van der Waals surface area contributed by atoms with E-state index in [1.807, 2.05) is 18.2 Å². The maximum atomic E-state index is 13.8. The van der Waals surface area contributed by atoms with Crippen LogP contribution in [0.1, 0.15) is 29.5 Å². The highest BCUT2D eigenvalue weighted by Gasteiger charge is 2.45. The zero-order chi connectivity index (χ0) is 20.4. The fourth-order valence-corrected chi connectivity index (χ4v) is 4.47. The molecule has 1 amide bonds. The third-order valence-corrected chi connectivity index (χ3v) is 6.53. The van der Waals surface area contributed by atoms with Gasteiger partial charge in [0.15, 0.2) is 0 Å². The second-order valence-electron chi connectivity index (χ2n) is 7.56. The quantitative estimate of drug-likeness (QED) is 0.728. The van der Waals surface area contributed by atoms with Crippen molar-refractivity contribution in [1.29, 1.82) is 0 Å². The van der Waals surface area contributed by atoms with E-state index in [1.54, 1.807) is 12.1 Å².